The van der Waals surface area contributed by atoms with E-state index in [0.29, 0.717) is 0 Å². The van der Waals surface area contributed by atoms with Crippen LogP contribution in [0.15, 0.2) is 107 Å². The van der Waals surface area contributed by atoms with Crippen molar-refractivity contribution in [1.82, 2.24) is 20.6 Å². The van der Waals surface area contributed by atoms with Gasteiger partial charge in [0.1, 0.15) is 32.9 Å². The number of nitrogens with two attached hydrogens (primary N) is 2. The number of ether oxygens (including phenoxy) is 3. The number of ketones is 2. The van der Waals surface area contributed by atoms with Crippen LogP contribution in [0, 0.1) is 0 Å². The number of sulfone groups is 2. The molecule has 350 valence electrons. The maximum atomic E-state index is 15.1. The van der Waals surface area contributed by atoms with Crippen LogP contribution in [0.4, 0.5) is 11.4 Å². The van der Waals surface area contributed by atoms with E-state index >= 15 is 4.79 Å². The fraction of sp³-hybridized carbons (Fsp3) is 0.250. The number of anilines is 2. The standard InChI is InChI=1S/C48H44N6O12S2/c1-23(2)25-12-14-27-35(20-25)65-47(59)29-8-6-10-31(49)39(29)41(55)45(27,47)53-43(57)34-17-19-38(52-34)68(62,63)22-64-48-30-9-7-11-32(50)40(30)42(56)46(48,28-15-13-26(24(3)4)21-36(28)66-48)54-44(58)33-16-18-37(51-33)67(5,60)61/h6-21,23-24,51-52,59H,22,49-50H2,1-5H3,(H,53,57)(H,54,58)/t45-,46+,47-,48+/m0/s1. The highest BCUT2D eigenvalue weighted by Crippen LogP contribution is 2.62. The Morgan fingerprint density at radius 2 is 1.15 bits per heavy atom. The Labute approximate surface area is 389 Å². The van der Waals surface area contributed by atoms with Gasteiger partial charge < -0.3 is 51.4 Å². The summed E-state index contributed by atoms with van der Waals surface area (Å²) in [4.78, 5) is 63.4. The van der Waals surface area contributed by atoms with Crippen molar-refractivity contribution in [3.63, 3.8) is 0 Å². The number of carbonyl (C=O) groups is 4. The molecule has 0 fully saturated rings. The van der Waals surface area contributed by atoms with Gasteiger partial charge in [0.25, 0.3) is 23.4 Å². The molecular formula is C48H44N6O12S2. The summed E-state index contributed by atoms with van der Waals surface area (Å²) in [7, 11) is -8.46. The molecule has 4 aliphatic rings. The average molecular weight is 961 g/mol. The van der Waals surface area contributed by atoms with E-state index in [1.54, 1.807) is 36.4 Å². The smallest absolute Gasteiger partial charge is 0.274 e. The van der Waals surface area contributed by atoms with E-state index in [1.807, 2.05) is 27.7 Å². The Morgan fingerprint density at radius 3 is 1.71 bits per heavy atom. The number of hydrogen-bond acceptors (Lipinski definition) is 14. The van der Waals surface area contributed by atoms with Gasteiger partial charge in [0.15, 0.2) is 15.8 Å². The predicted molar refractivity (Wildman–Crippen MR) is 244 cm³/mol. The number of aliphatic hydroxyl groups is 1. The first-order valence-corrected chi connectivity index (χ1v) is 24.9. The molecule has 0 saturated carbocycles. The lowest BCUT2D eigenvalue weighted by atomic mass is 9.82. The molecule has 10 rings (SSSR count). The molecule has 18 nitrogen and oxygen atoms in total. The Morgan fingerprint density at radius 1 is 0.662 bits per heavy atom. The summed E-state index contributed by atoms with van der Waals surface area (Å²) in [5.74, 6) is -9.41. The third kappa shape index (κ3) is 5.93. The highest BCUT2D eigenvalue weighted by molar-refractivity contribution is 7.91. The number of amides is 2. The maximum absolute atomic E-state index is 15.1. The van der Waals surface area contributed by atoms with Crippen molar-refractivity contribution in [2.75, 3.05) is 23.7 Å². The zero-order valence-electron chi connectivity index (χ0n) is 37.0. The first-order chi connectivity index (χ1) is 32.0. The SMILES string of the molecule is CC(C)c1ccc2c(c1)O[C@@]1(O)c3cccc(N)c3C(=O)[C@@]21NC(=O)c1ccc(S(=O)(=O)CO[C@]23Oc4cc(C(C)C)ccc4[C@@]2(NC(=O)c2ccc(S(C)(=O)=O)[nH]2)C(=O)c2c(N)cccc23)[nH]1. The molecule has 2 amide bonds. The molecule has 0 unspecified atom stereocenters. The number of nitrogens with one attached hydrogen (secondary N) is 4. The van der Waals surface area contributed by atoms with Gasteiger partial charge in [-0.25, -0.2) is 16.8 Å². The lowest BCUT2D eigenvalue weighted by Crippen LogP contribution is -2.61. The molecule has 0 spiro atoms. The summed E-state index contributed by atoms with van der Waals surface area (Å²) in [6.45, 7) is 7.76. The summed E-state index contributed by atoms with van der Waals surface area (Å²) in [5, 5.41) is 17.0. The molecule has 2 aromatic heterocycles. The van der Waals surface area contributed by atoms with Gasteiger partial charge in [0, 0.05) is 39.9 Å². The van der Waals surface area contributed by atoms with Crippen molar-refractivity contribution >= 4 is 54.4 Å². The summed E-state index contributed by atoms with van der Waals surface area (Å²) < 4.78 is 72.8. The van der Waals surface area contributed by atoms with Crippen LogP contribution in [0.2, 0.25) is 0 Å². The fourth-order valence-corrected chi connectivity index (χ4v) is 11.4. The lowest BCUT2D eigenvalue weighted by Gasteiger charge is -2.38. The summed E-state index contributed by atoms with van der Waals surface area (Å²) >= 11 is 0. The molecule has 6 aromatic rings. The fourth-order valence-electron chi connectivity index (χ4n) is 9.79. The number of nitrogen functional groups attached to an aromatic ring is 2. The molecular weight excluding hydrogens is 917 g/mol. The molecule has 0 saturated heterocycles. The average Bonchev–Trinajstić information content (AvgIpc) is 4.12. The van der Waals surface area contributed by atoms with Crippen molar-refractivity contribution in [1.29, 1.82) is 0 Å². The normalized spacial score (nSPS) is 23.1. The topological polar surface area (TPSA) is 292 Å². The number of fused-ring (bicyclic) bond motifs is 10. The molecule has 0 bridgehead atoms. The second-order valence-electron chi connectivity index (χ2n) is 18.0. The number of Topliss-reactive ketones (excluding diaryl/α,β-unsaturated/α-hetero) is 2. The van der Waals surface area contributed by atoms with Crippen molar-refractivity contribution in [3.05, 3.63) is 153 Å². The van der Waals surface area contributed by atoms with Crippen molar-refractivity contribution in [2.24, 2.45) is 0 Å². The van der Waals surface area contributed by atoms with Crippen LogP contribution in [-0.2, 0) is 47.1 Å². The molecule has 2 aliphatic heterocycles. The van der Waals surface area contributed by atoms with Gasteiger partial charge in [-0.2, -0.15) is 0 Å². The highest BCUT2D eigenvalue weighted by atomic mass is 32.2. The predicted octanol–water partition coefficient (Wildman–Crippen LogP) is 4.73. The molecule has 9 N–H and O–H groups in total. The highest BCUT2D eigenvalue weighted by Gasteiger charge is 2.75. The van der Waals surface area contributed by atoms with Crippen LogP contribution in [0.1, 0.15) is 115 Å². The minimum Gasteiger partial charge on any atom is -0.454 e. The van der Waals surface area contributed by atoms with Gasteiger partial charge in [0.2, 0.25) is 32.5 Å². The zero-order chi connectivity index (χ0) is 48.7. The summed E-state index contributed by atoms with van der Waals surface area (Å²) in [6.07, 6.45) is 0.947. The first-order valence-electron chi connectivity index (χ1n) is 21.4. The third-order valence-electron chi connectivity index (χ3n) is 13.3. The Balaban J connectivity index is 1.02. The van der Waals surface area contributed by atoms with E-state index in [9.17, 15) is 36.3 Å². The van der Waals surface area contributed by atoms with E-state index in [-0.39, 0.29) is 84.5 Å². The Hall–Kier alpha value is -7.26. The first kappa shape index (κ1) is 44.6. The van der Waals surface area contributed by atoms with E-state index in [1.165, 1.54) is 48.5 Å². The van der Waals surface area contributed by atoms with Gasteiger partial charge in [-0.1, -0.05) is 76.2 Å². The van der Waals surface area contributed by atoms with Crippen LogP contribution >= 0.6 is 0 Å². The molecule has 20 heteroatoms. The quantitative estimate of drug-likeness (QED) is 0.0865. The van der Waals surface area contributed by atoms with Crippen molar-refractivity contribution in [2.45, 2.75) is 72.2 Å². The van der Waals surface area contributed by atoms with Crippen LogP contribution in [0.25, 0.3) is 0 Å². The van der Waals surface area contributed by atoms with Gasteiger partial charge >= 0.3 is 0 Å². The monoisotopic (exact) mass is 960 g/mol. The molecule has 2 aliphatic carbocycles. The van der Waals surface area contributed by atoms with E-state index in [4.69, 9.17) is 25.7 Å². The Bertz CT molecular complexity index is 3470. The third-order valence-corrected chi connectivity index (χ3v) is 15.6. The Kier molecular flexibility index (Phi) is 9.58. The summed E-state index contributed by atoms with van der Waals surface area (Å²) in [6, 6.07) is 23.5. The van der Waals surface area contributed by atoms with E-state index in [2.05, 4.69) is 20.6 Å². The molecule has 4 atom stereocenters. The lowest BCUT2D eigenvalue weighted by molar-refractivity contribution is -0.199. The number of rotatable bonds is 11. The van der Waals surface area contributed by atoms with Gasteiger partial charge in [0.05, 0.1) is 11.1 Å². The number of H-pyrrole nitrogens is 2. The van der Waals surface area contributed by atoms with Gasteiger partial charge in [-0.3, -0.25) is 19.2 Å². The van der Waals surface area contributed by atoms with Crippen LogP contribution in [0.3, 0.4) is 0 Å². The van der Waals surface area contributed by atoms with Crippen LogP contribution in [0.5, 0.6) is 11.5 Å². The van der Waals surface area contributed by atoms with Crippen molar-refractivity contribution in [3.8, 4) is 11.5 Å². The second-order valence-corrected chi connectivity index (χ2v) is 21.9. The number of benzene rings is 4. The van der Waals surface area contributed by atoms with E-state index in [0.717, 1.165) is 29.5 Å². The minimum atomic E-state index is -4.67. The summed E-state index contributed by atoms with van der Waals surface area (Å²) in [5.41, 5.74) is 9.20. The number of hydrogen-bond donors (Lipinski definition) is 7. The van der Waals surface area contributed by atoms with Crippen LogP contribution < -0.4 is 31.6 Å². The molecule has 68 heavy (non-hydrogen) atoms. The van der Waals surface area contributed by atoms with Crippen LogP contribution in [-0.4, -0.2) is 67.5 Å². The molecule has 4 heterocycles. The largest absolute Gasteiger partial charge is 0.454 e. The number of carbonyl (C=O) groups excluding carboxylic acids is 4. The maximum Gasteiger partial charge on any atom is 0.274 e. The molecule has 0 radical (unpaired) electrons. The van der Waals surface area contributed by atoms with E-state index < -0.39 is 76.7 Å². The van der Waals surface area contributed by atoms with Gasteiger partial charge in [-0.15, -0.1) is 0 Å². The molecule has 4 aromatic carbocycles. The number of aromatic amines is 2. The van der Waals surface area contributed by atoms with Crippen molar-refractivity contribution < 1.29 is 55.3 Å². The van der Waals surface area contributed by atoms with Gasteiger partial charge in [-0.05, 0) is 71.5 Å². The zero-order valence-corrected chi connectivity index (χ0v) is 38.6. The second kappa shape index (κ2) is 14.6. The minimum absolute atomic E-state index is 0.00987. The number of aromatic nitrogens is 2.